The number of nitrogens with zero attached hydrogens (tertiary/aromatic N) is 12. The molecule has 0 aliphatic heterocycles. The Balaban J connectivity index is 1.36. The fourth-order valence-corrected chi connectivity index (χ4v) is 14.1. The van der Waals surface area contributed by atoms with Crippen LogP contribution >= 0.6 is 35.1 Å². The van der Waals surface area contributed by atoms with Crippen molar-refractivity contribution in [2.24, 2.45) is 40.9 Å². The number of hydrogen-bond acceptors (Lipinski definition) is 27. The molecule has 7 aromatic rings. The Bertz CT molecular complexity index is 5080. The normalized spacial score (nSPS) is 12.6. The summed E-state index contributed by atoms with van der Waals surface area (Å²) in [6.45, 7) is 6.28. The molecule has 2 amide bonds. The van der Waals surface area contributed by atoms with E-state index in [1.165, 1.54) is 56.3 Å². The van der Waals surface area contributed by atoms with Crippen molar-refractivity contribution in [1.29, 1.82) is 10.5 Å². The second-order valence-electron chi connectivity index (χ2n) is 19.9. The number of halogens is 1. The van der Waals surface area contributed by atoms with Gasteiger partial charge < -0.3 is 20.5 Å². The molecule has 0 spiro atoms. The molecule has 94 heavy (non-hydrogen) atoms. The lowest BCUT2D eigenvalue weighted by atomic mass is 10.1. The van der Waals surface area contributed by atoms with E-state index in [9.17, 15) is 90.1 Å². The van der Waals surface area contributed by atoms with Crippen molar-refractivity contribution in [1.82, 2.24) is 9.38 Å². The predicted octanol–water partition coefficient (Wildman–Crippen LogP) is 12.0. The molecule has 0 bridgehead atoms. The van der Waals surface area contributed by atoms with Crippen LogP contribution in [0.2, 0.25) is 5.02 Å². The zero-order valence-corrected chi connectivity index (χ0v) is 55.7. The minimum atomic E-state index is -4.94. The van der Waals surface area contributed by atoms with Crippen LogP contribution in [0.3, 0.4) is 0 Å². The molecule has 2 heterocycles. The Morgan fingerprint density at radius 2 is 1.09 bits per heavy atom. The van der Waals surface area contributed by atoms with Crippen LogP contribution in [0.5, 0.6) is 11.6 Å². The van der Waals surface area contributed by atoms with Crippen LogP contribution < -0.4 is 15.4 Å². The lowest BCUT2D eigenvalue weighted by Crippen LogP contribution is -2.08. The molecule has 0 atom stereocenters. The summed E-state index contributed by atoms with van der Waals surface area (Å²) in [7, 11) is -23.0. The van der Waals surface area contributed by atoms with Gasteiger partial charge in [-0.2, -0.15) is 57.7 Å². The fraction of sp³-hybridized carbons (Fsp3) is 0.264. The molecule has 0 aliphatic rings. The number of carbonyl (C=O) groups excluding carboxylic acids is 2. The van der Waals surface area contributed by atoms with E-state index in [0.29, 0.717) is 5.56 Å². The van der Waals surface area contributed by atoms with Crippen LogP contribution in [0.1, 0.15) is 60.9 Å². The summed E-state index contributed by atoms with van der Waals surface area (Å²) in [6.07, 6.45) is -0.480. The second kappa shape index (κ2) is 29.9. The molecule has 0 saturated heterocycles. The second-order valence-corrected chi connectivity index (χ2v) is 30.1. The molecule has 2 aromatic heterocycles. The zero-order valence-electron chi connectivity index (χ0n) is 49.2. The van der Waals surface area contributed by atoms with Gasteiger partial charge in [0.1, 0.15) is 62.5 Å². The lowest BCUT2D eigenvalue weighted by molar-refractivity contribution is -0.115. The van der Waals surface area contributed by atoms with Crippen molar-refractivity contribution in [2.75, 3.05) is 46.0 Å². The first-order valence-electron chi connectivity index (χ1n) is 26.6. The van der Waals surface area contributed by atoms with E-state index in [4.69, 9.17) is 16.3 Å². The van der Waals surface area contributed by atoms with Gasteiger partial charge in [0.05, 0.1) is 67.4 Å². The number of imidazole rings is 1. The van der Waals surface area contributed by atoms with Gasteiger partial charge in [-0.15, -0.1) is 59.3 Å². The summed E-state index contributed by atoms with van der Waals surface area (Å²) >= 11 is 7.96. The summed E-state index contributed by atoms with van der Waals surface area (Å²) in [5.74, 6) is -4.13. The van der Waals surface area contributed by atoms with Crippen molar-refractivity contribution in [2.45, 2.75) is 73.5 Å². The number of pyridine rings is 1. The smallest absolute Gasteiger partial charge is 0.296 e. The maximum Gasteiger partial charge on any atom is 0.296 e. The third-order valence-electron chi connectivity index (χ3n) is 12.8. The molecule has 0 saturated carbocycles. The first-order valence-corrected chi connectivity index (χ1v) is 36.6. The number of nitriles is 2. The lowest BCUT2D eigenvalue weighted by Gasteiger charge is -2.13. The quantitative estimate of drug-likeness (QED) is 0.0103. The Hall–Kier alpha value is -8.49. The van der Waals surface area contributed by atoms with Gasteiger partial charge in [-0.05, 0) is 117 Å². The number of rotatable bonds is 27. The highest BCUT2D eigenvalue weighted by atomic mass is 35.5. The monoisotopic (exact) mass is 1450 g/mol. The molecule has 0 unspecified atom stereocenters. The highest BCUT2D eigenvalue weighted by Crippen LogP contribution is 2.46. The molecule has 41 heteroatoms. The Labute approximate surface area is 549 Å². The number of aryl methyl sites for hydroxylation is 2. The average molecular weight is 1450 g/mol. The molecular weight excluding hydrogens is 1400 g/mol. The Morgan fingerprint density at radius 3 is 1.57 bits per heavy atom. The molecule has 8 N–H and O–H groups in total. The van der Waals surface area contributed by atoms with Crippen molar-refractivity contribution in [3.05, 3.63) is 93.5 Å². The van der Waals surface area contributed by atoms with Crippen molar-refractivity contribution in [3.8, 4) is 23.8 Å². The Kier molecular flexibility index (Phi) is 23.2. The first-order chi connectivity index (χ1) is 43.9. The third kappa shape index (κ3) is 19.1. The van der Waals surface area contributed by atoms with Crippen LogP contribution in [0.15, 0.2) is 121 Å². The fourth-order valence-electron chi connectivity index (χ4n) is 8.60. The van der Waals surface area contributed by atoms with Gasteiger partial charge in [-0.1, -0.05) is 11.6 Å². The SMILES string of the molecule is CC(=O)Nc1cc(N=Nc2cc(SCCCS(=O)(=O)O)c(N=Nc3cc(OCCCS(=O)(=O)O)c(N=Nc4c(C)c(C#N)c5nc6ccc(S(=O)(=O)O)c(C)c6n5c4O)cc3C)cc2NC(C)=O)c(SCCCS(=O)(=O)O)cc1N=Nc1cc(S(=O)(=O)O)c(Cl)cc1C#N. The number of benzene rings is 5. The number of amides is 2. The van der Waals surface area contributed by atoms with Crippen molar-refractivity contribution < 1.29 is 84.3 Å². The molecule has 33 nitrogen and oxygen atoms in total. The number of aromatic hydroxyl groups is 1. The van der Waals surface area contributed by atoms with E-state index in [1.807, 2.05) is 6.07 Å². The largest absolute Gasteiger partial charge is 0.493 e. The van der Waals surface area contributed by atoms with Crippen molar-refractivity contribution in [3.63, 3.8) is 0 Å². The molecule has 0 fully saturated rings. The molecule has 496 valence electrons. The van der Waals surface area contributed by atoms with Gasteiger partial charge in [-0.3, -0.25) is 36.8 Å². The maximum atomic E-state index is 12.9. The number of carbonyl (C=O) groups is 2. The topological polar surface area (TPSA) is 523 Å². The van der Waals surface area contributed by atoms with Crippen LogP contribution in [0.25, 0.3) is 16.7 Å². The summed E-state index contributed by atoms with van der Waals surface area (Å²) in [4.78, 5) is 29.0. The first kappa shape index (κ1) is 72.9. The summed E-state index contributed by atoms with van der Waals surface area (Å²) < 4.78 is 174. The average Bonchev–Trinajstić information content (AvgIpc) is 1.56. The van der Waals surface area contributed by atoms with E-state index in [-0.39, 0.29) is 149 Å². The maximum absolute atomic E-state index is 12.9. The predicted molar refractivity (Wildman–Crippen MR) is 344 cm³/mol. The molecular formula is C53H51ClN14O19S7. The number of hydrogen-bond donors (Lipinski definition) is 8. The van der Waals surface area contributed by atoms with Crippen LogP contribution in [0.4, 0.5) is 56.9 Å². The van der Waals surface area contributed by atoms with Crippen LogP contribution in [-0.4, -0.2) is 127 Å². The number of fused-ring (bicyclic) bond motifs is 3. The van der Waals surface area contributed by atoms with Crippen LogP contribution in [-0.2, 0) is 60.2 Å². The number of azo groups is 4. The molecule has 5 aromatic carbocycles. The number of anilines is 2. The van der Waals surface area contributed by atoms with Gasteiger partial charge >= 0.3 is 0 Å². The van der Waals surface area contributed by atoms with Crippen molar-refractivity contribution >= 4 is 171 Å². The summed E-state index contributed by atoms with van der Waals surface area (Å²) in [5, 5.41) is 71.1. The standard InChI is InChI=1S/C53H51ClN14O19S7/c1-27-17-42(64-67-50-28(2)33(26-56)52-59-35-9-10-48(93(81,82)83)29(3)51(35)68(52)53(50)71)45(87-11-6-14-90(72,73)74)21-36(27)60-65-43-19-39(58-31(5)70)41(23-46(43)88-12-7-15-91(75,76)77)63-66-44-20-38(57-30(4)69)40(22-47(44)89-13-8-16-92(78,79)80)62-61-37-24-49(94(84,85)86)34(54)18-32(37)25-55/h9-10,17-24,71H,6-8,11-16H2,1-5H3,(H,57,69)(H,58,70)(H,72,73,74)(H,75,76,77)(H,78,79,80)(H,81,82,83)(H,84,85,86). The highest BCUT2D eigenvalue weighted by Gasteiger charge is 2.26. The van der Waals surface area contributed by atoms with E-state index < -0.39 is 100 Å². The number of thioether (sulfide) groups is 2. The molecule has 0 radical (unpaired) electrons. The highest BCUT2D eigenvalue weighted by molar-refractivity contribution is 7.99. The summed E-state index contributed by atoms with van der Waals surface area (Å²) in [5.41, 5.74) is -1.14. The van der Waals surface area contributed by atoms with E-state index in [2.05, 4.69) is 56.5 Å². The number of nitrogens with one attached hydrogen (secondary N) is 2. The van der Waals surface area contributed by atoms with Gasteiger partial charge in [0.25, 0.3) is 50.6 Å². The van der Waals surface area contributed by atoms with Gasteiger partial charge in [-0.25, -0.2) is 4.98 Å². The van der Waals surface area contributed by atoms with E-state index in [0.717, 1.165) is 60.0 Å². The number of aromatic nitrogens is 2. The van der Waals surface area contributed by atoms with Gasteiger partial charge in [0.15, 0.2) is 11.3 Å². The molecule has 7 rings (SSSR count). The summed E-state index contributed by atoms with van der Waals surface area (Å²) in [6, 6.07) is 15.9. The van der Waals surface area contributed by atoms with Gasteiger partial charge in [0.2, 0.25) is 17.7 Å². The third-order valence-corrected chi connectivity index (χ3v) is 19.7. The van der Waals surface area contributed by atoms with E-state index in [1.54, 1.807) is 13.0 Å². The number of ether oxygens (including phenoxy) is 1. The molecule has 0 aliphatic carbocycles. The minimum Gasteiger partial charge on any atom is -0.493 e. The van der Waals surface area contributed by atoms with Gasteiger partial charge in [0, 0.05) is 35.3 Å². The van der Waals surface area contributed by atoms with E-state index >= 15 is 0 Å². The minimum absolute atomic E-state index is 0.000594. The zero-order chi connectivity index (χ0) is 69.4. The van der Waals surface area contributed by atoms with Crippen LogP contribution in [0, 0.1) is 43.4 Å². The Morgan fingerprint density at radius 1 is 0.596 bits per heavy atom.